The van der Waals surface area contributed by atoms with Crippen LogP contribution in [0.3, 0.4) is 0 Å². The van der Waals surface area contributed by atoms with E-state index in [9.17, 15) is 9.59 Å². The van der Waals surface area contributed by atoms with Crippen LogP contribution in [0.25, 0.3) is 0 Å². The minimum Gasteiger partial charge on any atom is -0.486 e. The molecule has 2 heterocycles. The average Bonchev–Trinajstić information content (AvgIpc) is 3.09. The molecular weight excluding hydrogens is 368 g/mol. The van der Waals surface area contributed by atoms with Gasteiger partial charge >= 0.3 is 0 Å². The van der Waals surface area contributed by atoms with E-state index in [0.29, 0.717) is 42.8 Å². The van der Waals surface area contributed by atoms with E-state index < -0.39 is 0 Å². The Morgan fingerprint density at radius 1 is 1.11 bits per heavy atom. The molecule has 1 N–H and O–H groups in total. The second-order valence-electron chi connectivity index (χ2n) is 6.58. The first-order chi connectivity index (χ1) is 13.1. The molecule has 2 aromatic carbocycles. The van der Waals surface area contributed by atoms with Crippen molar-refractivity contribution in [2.45, 2.75) is 13.0 Å². The van der Waals surface area contributed by atoms with Gasteiger partial charge in [-0.1, -0.05) is 23.7 Å². The second kappa shape index (κ2) is 7.48. The molecule has 0 bridgehead atoms. The van der Waals surface area contributed by atoms with E-state index in [1.165, 1.54) is 0 Å². The number of hydrogen-bond donors (Lipinski definition) is 1. The predicted molar refractivity (Wildman–Crippen MR) is 101 cm³/mol. The first kappa shape index (κ1) is 17.7. The van der Waals surface area contributed by atoms with E-state index in [0.717, 1.165) is 11.3 Å². The van der Waals surface area contributed by atoms with E-state index in [2.05, 4.69) is 5.32 Å². The molecule has 0 saturated carbocycles. The van der Waals surface area contributed by atoms with Gasteiger partial charge in [-0.3, -0.25) is 9.59 Å². The highest BCUT2D eigenvalue weighted by Crippen LogP contribution is 2.36. The molecule has 4 rings (SSSR count). The van der Waals surface area contributed by atoms with E-state index in [1.807, 2.05) is 18.2 Å². The Labute approximate surface area is 162 Å². The van der Waals surface area contributed by atoms with Crippen molar-refractivity contribution in [2.24, 2.45) is 5.92 Å². The fourth-order valence-corrected chi connectivity index (χ4v) is 3.39. The van der Waals surface area contributed by atoms with Crippen LogP contribution in [0.5, 0.6) is 11.5 Å². The largest absolute Gasteiger partial charge is 0.486 e. The number of nitrogens with zero attached hydrogens (tertiary/aromatic N) is 1. The summed E-state index contributed by atoms with van der Waals surface area (Å²) in [6.45, 7) is 1.76. The summed E-state index contributed by atoms with van der Waals surface area (Å²) in [6, 6.07) is 12.7. The van der Waals surface area contributed by atoms with Crippen molar-refractivity contribution in [1.29, 1.82) is 0 Å². The number of hydrogen-bond acceptors (Lipinski definition) is 4. The molecule has 1 fully saturated rings. The molecule has 6 nitrogen and oxygen atoms in total. The first-order valence-electron chi connectivity index (χ1n) is 8.82. The minimum absolute atomic E-state index is 0.0710. The Hall–Kier alpha value is -2.73. The molecule has 1 saturated heterocycles. The van der Waals surface area contributed by atoms with Crippen LogP contribution in [-0.4, -0.2) is 31.6 Å². The normalized spacial score (nSPS) is 18.5. The molecule has 2 aliphatic rings. The molecule has 140 valence electrons. The zero-order valence-corrected chi connectivity index (χ0v) is 15.4. The Balaban J connectivity index is 1.39. The molecule has 27 heavy (non-hydrogen) atoms. The lowest BCUT2D eigenvalue weighted by Crippen LogP contribution is -2.32. The molecule has 1 atom stereocenters. The quantitative estimate of drug-likeness (QED) is 0.877. The van der Waals surface area contributed by atoms with Crippen LogP contribution in [0.1, 0.15) is 12.0 Å². The van der Waals surface area contributed by atoms with Gasteiger partial charge < -0.3 is 19.7 Å². The van der Waals surface area contributed by atoms with Crippen LogP contribution < -0.4 is 19.7 Å². The Bertz CT molecular complexity index is 869. The highest BCUT2D eigenvalue weighted by atomic mass is 35.5. The Morgan fingerprint density at radius 3 is 2.63 bits per heavy atom. The summed E-state index contributed by atoms with van der Waals surface area (Å²) in [7, 11) is 0. The highest BCUT2D eigenvalue weighted by Gasteiger charge is 2.35. The third-order valence-electron chi connectivity index (χ3n) is 4.71. The number of amides is 2. The first-order valence-corrected chi connectivity index (χ1v) is 9.20. The van der Waals surface area contributed by atoms with Crippen molar-refractivity contribution in [1.82, 2.24) is 5.32 Å². The summed E-state index contributed by atoms with van der Waals surface area (Å²) in [6.07, 6.45) is 0.195. The van der Waals surface area contributed by atoms with Crippen molar-refractivity contribution in [2.75, 3.05) is 24.7 Å². The Kier molecular flexibility index (Phi) is 4.90. The van der Waals surface area contributed by atoms with Gasteiger partial charge in [-0.25, -0.2) is 0 Å². The zero-order chi connectivity index (χ0) is 18.8. The maximum Gasteiger partial charge on any atom is 0.227 e. The van der Waals surface area contributed by atoms with Crippen LogP contribution in [0, 0.1) is 5.92 Å². The zero-order valence-electron chi connectivity index (χ0n) is 14.6. The number of halogens is 1. The highest BCUT2D eigenvalue weighted by molar-refractivity contribution is 6.30. The lowest BCUT2D eigenvalue weighted by atomic mass is 10.1. The van der Waals surface area contributed by atoms with Crippen LogP contribution in [0.15, 0.2) is 42.5 Å². The van der Waals surface area contributed by atoms with Gasteiger partial charge in [0.15, 0.2) is 11.5 Å². The van der Waals surface area contributed by atoms with Gasteiger partial charge in [-0.05, 0) is 29.8 Å². The van der Waals surface area contributed by atoms with Crippen molar-refractivity contribution in [3.8, 4) is 11.5 Å². The van der Waals surface area contributed by atoms with Crippen LogP contribution in [0.4, 0.5) is 5.69 Å². The number of benzene rings is 2. The minimum atomic E-state index is -0.377. The van der Waals surface area contributed by atoms with E-state index >= 15 is 0 Å². The SMILES string of the molecule is O=C(NCc1ccc(Cl)cc1)C1CC(=O)N(c2ccc3c(c2)OCCO3)C1. The number of rotatable bonds is 4. The average molecular weight is 387 g/mol. The topological polar surface area (TPSA) is 67.9 Å². The fraction of sp³-hybridized carbons (Fsp3) is 0.300. The van der Waals surface area contributed by atoms with E-state index in [-0.39, 0.29) is 24.2 Å². The van der Waals surface area contributed by atoms with Gasteiger partial charge in [0.1, 0.15) is 13.2 Å². The Morgan fingerprint density at radius 2 is 1.85 bits per heavy atom. The monoisotopic (exact) mass is 386 g/mol. The standard InChI is InChI=1S/C20H19ClN2O4/c21-15-3-1-13(2-4-15)11-22-20(25)14-9-19(24)23(12-14)16-5-6-17-18(10-16)27-8-7-26-17/h1-6,10,14H,7-9,11-12H2,(H,22,25). The second-order valence-corrected chi connectivity index (χ2v) is 7.01. The van der Waals surface area contributed by atoms with Crippen molar-refractivity contribution < 1.29 is 19.1 Å². The number of carbonyl (C=O) groups excluding carboxylic acids is 2. The maximum absolute atomic E-state index is 12.5. The number of ether oxygens (including phenoxy) is 2. The number of nitrogens with one attached hydrogen (secondary N) is 1. The molecular formula is C20H19ClN2O4. The van der Waals surface area contributed by atoms with Gasteiger partial charge in [0.2, 0.25) is 11.8 Å². The van der Waals surface area contributed by atoms with Gasteiger partial charge in [-0.2, -0.15) is 0 Å². The molecule has 1 unspecified atom stereocenters. The fourth-order valence-electron chi connectivity index (χ4n) is 3.27. The van der Waals surface area contributed by atoms with Crippen LogP contribution in [0.2, 0.25) is 5.02 Å². The third-order valence-corrected chi connectivity index (χ3v) is 4.97. The summed E-state index contributed by atoms with van der Waals surface area (Å²) in [4.78, 5) is 26.5. The lowest BCUT2D eigenvalue weighted by molar-refractivity contribution is -0.126. The van der Waals surface area contributed by atoms with Gasteiger partial charge in [0, 0.05) is 36.3 Å². The number of anilines is 1. The van der Waals surface area contributed by atoms with Gasteiger partial charge in [0.05, 0.1) is 5.92 Å². The third kappa shape index (κ3) is 3.85. The van der Waals surface area contributed by atoms with Crippen molar-refractivity contribution in [3.63, 3.8) is 0 Å². The van der Waals surface area contributed by atoms with Gasteiger partial charge in [0.25, 0.3) is 0 Å². The number of carbonyl (C=O) groups is 2. The summed E-state index contributed by atoms with van der Waals surface area (Å²) in [5.41, 5.74) is 1.68. The molecule has 2 aliphatic heterocycles. The molecule has 0 radical (unpaired) electrons. The van der Waals surface area contributed by atoms with Gasteiger partial charge in [-0.15, -0.1) is 0 Å². The molecule has 0 aliphatic carbocycles. The summed E-state index contributed by atoms with van der Waals surface area (Å²) >= 11 is 5.87. The van der Waals surface area contributed by atoms with E-state index in [1.54, 1.807) is 29.2 Å². The summed E-state index contributed by atoms with van der Waals surface area (Å²) in [5, 5.41) is 3.55. The van der Waals surface area contributed by atoms with Crippen LogP contribution in [-0.2, 0) is 16.1 Å². The smallest absolute Gasteiger partial charge is 0.227 e. The van der Waals surface area contributed by atoms with Crippen molar-refractivity contribution in [3.05, 3.63) is 53.1 Å². The summed E-state index contributed by atoms with van der Waals surface area (Å²) in [5.74, 6) is 0.728. The van der Waals surface area contributed by atoms with Crippen molar-refractivity contribution >= 4 is 29.1 Å². The predicted octanol–water partition coefficient (Wildman–Crippen LogP) is 2.78. The van der Waals surface area contributed by atoms with Crippen LogP contribution >= 0.6 is 11.6 Å². The number of fused-ring (bicyclic) bond motifs is 1. The molecule has 7 heteroatoms. The lowest BCUT2D eigenvalue weighted by Gasteiger charge is -2.22. The van der Waals surface area contributed by atoms with E-state index in [4.69, 9.17) is 21.1 Å². The molecule has 0 aromatic heterocycles. The molecule has 0 spiro atoms. The molecule has 2 amide bonds. The molecule has 2 aromatic rings. The maximum atomic E-state index is 12.5. The summed E-state index contributed by atoms with van der Waals surface area (Å²) < 4.78 is 11.1.